The van der Waals surface area contributed by atoms with Gasteiger partial charge in [0.05, 0.1) is 6.04 Å². The highest BCUT2D eigenvalue weighted by Gasteiger charge is 2.30. The number of halogens is 1. The molecule has 0 saturated carbocycles. The molecule has 6 heteroatoms. The Balaban J connectivity index is 1.53. The van der Waals surface area contributed by atoms with Crippen molar-refractivity contribution in [2.45, 2.75) is 18.9 Å². The van der Waals surface area contributed by atoms with Crippen molar-refractivity contribution in [1.29, 1.82) is 0 Å². The van der Waals surface area contributed by atoms with Crippen molar-refractivity contribution in [3.05, 3.63) is 64.9 Å². The van der Waals surface area contributed by atoms with Gasteiger partial charge < -0.3 is 10.2 Å². The van der Waals surface area contributed by atoms with Gasteiger partial charge in [0, 0.05) is 30.7 Å². The summed E-state index contributed by atoms with van der Waals surface area (Å²) in [5, 5.41) is 3.57. The number of benzene rings is 1. The fourth-order valence-corrected chi connectivity index (χ4v) is 3.01. The summed E-state index contributed by atoms with van der Waals surface area (Å²) in [6.07, 6.45) is 2.65. The molecular formula is C18H18ClN3O2. The summed E-state index contributed by atoms with van der Waals surface area (Å²) in [6.45, 7) is 1.15. The van der Waals surface area contributed by atoms with E-state index < -0.39 is 0 Å². The van der Waals surface area contributed by atoms with Gasteiger partial charge >= 0.3 is 0 Å². The molecule has 0 bridgehead atoms. The lowest BCUT2D eigenvalue weighted by atomic mass is 10.1. The van der Waals surface area contributed by atoms with Crippen LogP contribution in [0.1, 0.15) is 22.5 Å². The Kier molecular flexibility index (Phi) is 5.11. The molecule has 24 heavy (non-hydrogen) atoms. The second-order valence-electron chi connectivity index (χ2n) is 5.81. The predicted molar refractivity (Wildman–Crippen MR) is 91.8 cm³/mol. The number of pyridine rings is 1. The zero-order chi connectivity index (χ0) is 16.9. The molecule has 0 aliphatic carbocycles. The maximum Gasteiger partial charge on any atom is 0.270 e. The highest BCUT2D eigenvalue weighted by atomic mass is 35.5. The highest BCUT2D eigenvalue weighted by Crippen LogP contribution is 2.15. The van der Waals surface area contributed by atoms with Crippen LogP contribution in [0.2, 0.25) is 5.02 Å². The first-order chi connectivity index (χ1) is 11.6. The second-order valence-corrected chi connectivity index (χ2v) is 6.25. The molecule has 1 atom stereocenters. The fourth-order valence-electron chi connectivity index (χ4n) is 2.80. The van der Waals surface area contributed by atoms with Crippen LogP contribution in [0, 0.1) is 0 Å². The van der Waals surface area contributed by atoms with E-state index in [2.05, 4.69) is 10.3 Å². The van der Waals surface area contributed by atoms with Crippen LogP contribution in [0.4, 0.5) is 0 Å². The number of carbonyl (C=O) groups excluding carboxylic acids is 2. The van der Waals surface area contributed by atoms with E-state index in [9.17, 15) is 9.59 Å². The number of aromatic nitrogens is 1. The van der Waals surface area contributed by atoms with Gasteiger partial charge in [0.25, 0.3) is 5.91 Å². The number of amides is 2. The third kappa shape index (κ3) is 4.11. The quantitative estimate of drug-likeness (QED) is 0.906. The third-order valence-corrected chi connectivity index (χ3v) is 4.24. The number of nitrogens with zero attached hydrogens (tertiary/aromatic N) is 2. The average Bonchev–Trinajstić information content (AvgIpc) is 2.93. The summed E-state index contributed by atoms with van der Waals surface area (Å²) in [5.41, 5.74) is 1.46. The maximum atomic E-state index is 12.1. The highest BCUT2D eigenvalue weighted by molar-refractivity contribution is 6.30. The maximum absolute atomic E-state index is 12.1. The zero-order valence-corrected chi connectivity index (χ0v) is 13.9. The molecular weight excluding hydrogens is 326 g/mol. The van der Waals surface area contributed by atoms with Crippen LogP contribution in [0.3, 0.4) is 0 Å². The first-order valence-electron chi connectivity index (χ1n) is 7.86. The number of likely N-dealkylation sites (tertiary alicyclic amines) is 1. The Morgan fingerprint density at radius 3 is 2.92 bits per heavy atom. The van der Waals surface area contributed by atoms with Crippen molar-refractivity contribution in [2.24, 2.45) is 0 Å². The van der Waals surface area contributed by atoms with Crippen LogP contribution in [0.15, 0.2) is 48.7 Å². The normalized spacial score (nSPS) is 17.1. The molecule has 0 unspecified atom stereocenters. The monoisotopic (exact) mass is 343 g/mol. The van der Waals surface area contributed by atoms with Crippen molar-refractivity contribution in [3.8, 4) is 0 Å². The van der Waals surface area contributed by atoms with E-state index in [0.717, 1.165) is 12.0 Å². The minimum Gasteiger partial charge on any atom is -0.346 e. The van der Waals surface area contributed by atoms with E-state index in [0.29, 0.717) is 30.2 Å². The van der Waals surface area contributed by atoms with Crippen molar-refractivity contribution >= 4 is 23.4 Å². The largest absolute Gasteiger partial charge is 0.346 e. The summed E-state index contributed by atoms with van der Waals surface area (Å²) < 4.78 is 0. The molecule has 0 radical (unpaired) electrons. The van der Waals surface area contributed by atoms with E-state index >= 15 is 0 Å². The summed E-state index contributed by atoms with van der Waals surface area (Å²) in [7, 11) is 0. The van der Waals surface area contributed by atoms with Crippen molar-refractivity contribution in [2.75, 3.05) is 13.1 Å². The molecule has 124 valence electrons. The van der Waals surface area contributed by atoms with E-state index in [1.807, 2.05) is 24.3 Å². The Morgan fingerprint density at radius 1 is 1.29 bits per heavy atom. The Bertz CT molecular complexity index is 736. The predicted octanol–water partition coefficient (Wildman–Crippen LogP) is 2.31. The van der Waals surface area contributed by atoms with E-state index in [-0.39, 0.29) is 17.9 Å². The topological polar surface area (TPSA) is 62.3 Å². The smallest absolute Gasteiger partial charge is 0.270 e. The molecule has 1 fully saturated rings. The number of carbonyl (C=O) groups is 2. The van der Waals surface area contributed by atoms with E-state index in [4.69, 9.17) is 11.6 Å². The average molecular weight is 344 g/mol. The Morgan fingerprint density at radius 2 is 2.17 bits per heavy atom. The van der Waals surface area contributed by atoms with Gasteiger partial charge in [-0.15, -0.1) is 0 Å². The minimum atomic E-state index is -0.245. The number of hydrogen-bond donors (Lipinski definition) is 1. The second kappa shape index (κ2) is 7.45. The summed E-state index contributed by atoms with van der Waals surface area (Å²) in [4.78, 5) is 30.0. The van der Waals surface area contributed by atoms with Crippen LogP contribution in [-0.4, -0.2) is 40.8 Å². The van der Waals surface area contributed by atoms with Crippen molar-refractivity contribution in [3.63, 3.8) is 0 Å². The van der Waals surface area contributed by atoms with Gasteiger partial charge in [0.2, 0.25) is 5.91 Å². The lowest BCUT2D eigenvalue weighted by Gasteiger charge is -2.17. The summed E-state index contributed by atoms with van der Waals surface area (Å²) in [6, 6.07) is 12.6. The SMILES string of the molecule is O=C(N[C@H]1CC(=O)N(CCc2cccc(Cl)c2)C1)c1ccccn1. The van der Waals surface area contributed by atoms with Crippen molar-refractivity contribution < 1.29 is 9.59 Å². The van der Waals surface area contributed by atoms with Crippen LogP contribution in [0.5, 0.6) is 0 Å². The van der Waals surface area contributed by atoms with Crippen LogP contribution < -0.4 is 5.32 Å². The molecule has 2 heterocycles. The van der Waals surface area contributed by atoms with Gasteiger partial charge in [-0.3, -0.25) is 14.6 Å². The lowest BCUT2D eigenvalue weighted by Crippen LogP contribution is -2.37. The Labute approximate surface area is 145 Å². The number of hydrogen-bond acceptors (Lipinski definition) is 3. The zero-order valence-electron chi connectivity index (χ0n) is 13.1. The standard InChI is InChI=1S/C18H18ClN3O2/c19-14-5-3-4-13(10-14)7-9-22-12-15(11-17(22)23)21-18(24)16-6-1-2-8-20-16/h1-6,8,10,15H,7,9,11-12H2,(H,21,24)/t15-/m0/s1. The molecule has 5 nitrogen and oxygen atoms in total. The first-order valence-corrected chi connectivity index (χ1v) is 8.24. The van der Waals surface area contributed by atoms with Crippen LogP contribution in [0.25, 0.3) is 0 Å². The van der Waals surface area contributed by atoms with Gasteiger partial charge in [0.15, 0.2) is 0 Å². The molecule has 0 spiro atoms. The van der Waals surface area contributed by atoms with E-state index in [1.54, 1.807) is 29.3 Å². The molecule has 1 aromatic heterocycles. The van der Waals surface area contributed by atoms with Gasteiger partial charge in [-0.05, 0) is 36.2 Å². The number of rotatable bonds is 5. The van der Waals surface area contributed by atoms with Gasteiger partial charge in [-0.1, -0.05) is 29.8 Å². The van der Waals surface area contributed by atoms with Gasteiger partial charge in [-0.2, -0.15) is 0 Å². The Hall–Kier alpha value is -2.40. The van der Waals surface area contributed by atoms with E-state index in [1.165, 1.54) is 0 Å². The summed E-state index contributed by atoms with van der Waals surface area (Å²) in [5.74, 6) is -0.187. The molecule has 1 aliphatic rings. The minimum absolute atomic E-state index is 0.0587. The molecule has 1 saturated heterocycles. The molecule has 2 amide bonds. The summed E-state index contributed by atoms with van der Waals surface area (Å²) >= 11 is 5.97. The van der Waals surface area contributed by atoms with Gasteiger partial charge in [-0.25, -0.2) is 0 Å². The number of nitrogens with one attached hydrogen (secondary N) is 1. The lowest BCUT2D eigenvalue weighted by molar-refractivity contribution is -0.127. The first kappa shape index (κ1) is 16.5. The molecule has 1 aromatic carbocycles. The molecule has 2 aromatic rings. The molecule has 3 rings (SSSR count). The third-order valence-electron chi connectivity index (χ3n) is 4.01. The molecule has 1 N–H and O–H groups in total. The molecule has 1 aliphatic heterocycles. The van der Waals surface area contributed by atoms with Crippen LogP contribution >= 0.6 is 11.6 Å². The van der Waals surface area contributed by atoms with Crippen LogP contribution in [-0.2, 0) is 11.2 Å². The van der Waals surface area contributed by atoms with Gasteiger partial charge in [0.1, 0.15) is 5.69 Å². The van der Waals surface area contributed by atoms with Crippen molar-refractivity contribution in [1.82, 2.24) is 15.2 Å². The fraction of sp³-hybridized carbons (Fsp3) is 0.278.